The van der Waals surface area contributed by atoms with Gasteiger partial charge in [0.1, 0.15) is 5.75 Å². The zero-order valence-electron chi connectivity index (χ0n) is 12.7. The summed E-state index contributed by atoms with van der Waals surface area (Å²) in [6, 6.07) is 0. The summed E-state index contributed by atoms with van der Waals surface area (Å²) in [4.78, 5) is 23.5. The summed E-state index contributed by atoms with van der Waals surface area (Å²) in [7, 11) is -3.70. The molecule has 1 fully saturated rings. The van der Waals surface area contributed by atoms with E-state index < -0.39 is 58.6 Å². The molecule has 10 heteroatoms. The molecule has 134 valence electrons. The molecule has 0 radical (unpaired) electrons. The molecule has 0 saturated carbocycles. The van der Waals surface area contributed by atoms with E-state index in [1.807, 2.05) is 6.92 Å². The van der Waals surface area contributed by atoms with Crippen LogP contribution in [0.4, 0.5) is 13.2 Å². The molecular weight excluding hydrogens is 339 g/mol. The number of aliphatic carboxylic acids is 1. The Kier molecular flexibility index (Phi) is 6.43. The maximum Gasteiger partial charge on any atom is 0.394 e. The average molecular weight is 359 g/mol. The summed E-state index contributed by atoms with van der Waals surface area (Å²) in [5, 5.41) is 8.87. The smallest absolute Gasteiger partial charge is 0.394 e. The highest BCUT2D eigenvalue weighted by Crippen LogP contribution is 2.37. The highest BCUT2D eigenvalue weighted by atomic mass is 32.2. The Morgan fingerprint density at radius 2 is 1.83 bits per heavy atom. The number of unbranched alkanes of at least 4 members (excludes halogenated alkanes) is 2. The van der Waals surface area contributed by atoms with Gasteiger partial charge in [-0.1, -0.05) is 19.8 Å². The minimum Gasteiger partial charge on any atom is -0.481 e. The summed E-state index contributed by atoms with van der Waals surface area (Å²) in [6.45, 7) is 0.442. The fraction of sp³-hybridized carbons (Fsp3) is 0.846. The molecule has 0 aromatic carbocycles. The molecule has 1 rings (SSSR count). The van der Waals surface area contributed by atoms with E-state index in [0.29, 0.717) is 17.7 Å². The normalized spacial score (nSPS) is 22.3. The van der Waals surface area contributed by atoms with E-state index in [4.69, 9.17) is 5.11 Å². The molecule has 1 heterocycles. The van der Waals surface area contributed by atoms with Crippen molar-refractivity contribution in [3.05, 3.63) is 0 Å². The molecule has 0 aromatic rings. The molecule has 0 aliphatic carbocycles. The first-order valence-corrected chi connectivity index (χ1v) is 9.07. The van der Waals surface area contributed by atoms with Crippen LogP contribution in [0.25, 0.3) is 0 Å². The first kappa shape index (κ1) is 19.7. The summed E-state index contributed by atoms with van der Waals surface area (Å²) < 4.78 is 62.1. The fourth-order valence-electron chi connectivity index (χ4n) is 2.51. The average Bonchev–Trinajstić information content (AvgIpc) is 2.83. The molecule has 1 amide bonds. The van der Waals surface area contributed by atoms with Crippen molar-refractivity contribution in [1.82, 2.24) is 4.90 Å². The van der Waals surface area contributed by atoms with Crippen LogP contribution in [-0.4, -0.2) is 61.1 Å². The Morgan fingerprint density at radius 3 is 2.26 bits per heavy atom. The number of alkyl halides is 3. The maximum atomic E-state index is 12.8. The molecule has 0 bridgehead atoms. The summed E-state index contributed by atoms with van der Waals surface area (Å²) >= 11 is 0. The number of hydrogen-bond donors (Lipinski definition) is 1. The van der Waals surface area contributed by atoms with Crippen molar-refractivity contribution in [1.29, 1.82) is 0 Å². The molecule has 6 nitrogen and oxygen atoms in total. The van der Waals surface area contributed by atoms with Crippen LogP contribution in [-0.2, 0) is 19.4 Å². The van der Waals surface area contributed by atoms with Gasteiger partial charge in [-0.3, -0.25) is 9.59 Å². The second-order valence-electron chi connectivity index (χ2n) is 5.69. The Balaban J connectivity index is 2.73. The van der Waals surface area contributed by atoms with E-state index >= 15 is 0 Å². The highest BCUT2D eigenvalue weighted by Gasteiger charge is 2.53. The van der Waals surface area contributed by atoms with Gasteiger partial charge in [-0.05, 0) is 6.42 Å². The van der Waals surface area contributed by atoms with Crippen LogP contribution in [0.2, 0.25) is 0 Å². The Morgan fingerprint density at radius 1 is 1.22 bits per heavy atom. The lowest BCUT2D eigenvalue weighted by Gasteiger charge is -2.18. The number of carbonyl (C=O) groups excluding carboxylic acids is 1. The molecule has 1 aliphatic heterocycles. The second kappa shape index (κ2) is 7.50. The summed E-state index contributed by atoms with van der Waals surface area (Å²) in [5.41, 5.74) is 0. The van der Waals surface area contributed by atoms with Gasteiger partial charge in [0.25, 0.3) is 0 Å². The van der Waals surface area contributed by atoms with Gasteiger partial charge in [0.05, 0.1) is 17.6 Å². The van der Waals surface area contributed by atoms with Gasteiger partial charge in [-0.25, -0.2) is 8.42 Å². The van der Waals surface area contributed by atoms with Crippen LogP contribution in [0.1, 0.15) is 26.2 Å². The number of nitrogens with zero attached hydrogens (tertiary/aromatic N) is 1. The van der Waals surface area contributed by atoms with E-state index in [2.05, 4.69) is 0 Å². The molecule has 2 atom stereocenters. The number of amides is 1. The lowest BCUT2D eigenvalue weighted by Crippen LogP contribution is -2.36. The van der Waals surface area contributed by atoms with E-state index in [-0.39, 0.29) is 5.75 Å². The zero-order valence-corrected chi connectivity index (χ0v) is 13.5. The molecule has 0 aromatic heterocycles. The molecule has 0 unspecified atom stereocenters. The fourth-order valence-corrected chi connectivity index (χ4v) is 3.86. The zero-order chi connectivity index (χ0) is 17.8. The van der Waals surface area contributed by atoms with Crippen molar-refractivity contribution >= 4 is 21.7 Å². The molecule has 1 N–H and O–H groups in total. The molecule has 0 spiro atoms. The van der Waals surface area contributed by atoms with Crippen LogP contribution in [0, 0.1) is 11.8 Å². The molecule has 1 saturated heterocycles. The topological polar surface area (TPSA) is 91.8 Å². The lowest BCUT2D eigenvalue weighted by molar-refractivity contribution is -0.188. The van der Waals surface area contributed by atoms with Crippen molar-refractivity contribution < 1.29 is 36.3 Å². The number of hydrogen-bond acceptors (Lipinski definition) is 4. The Bertz CT molecular complexity index is 546. The number of carbonyl (C=O) groups is 2. The highest BCUT2D eigenvalue weighted by molar-refractivity contribution is 7.92. The van der Waals surface area contributed by atoms with Crippen LogP contribution in [0.5, 0.6) is 0 Å². The van der Waals surface area contributed by atoms with Gasteiger partial charge in [0, 0.05) is 13.1 Å². The van der Waals surface area contributed by atoms with E-state index in [9.17, 15) is 31.2 Å². The van der Waals surface area contributed by atoms with E-state index in [0.717, 1.165) is 6.42 Å². The third-order valence-electron chi connectivity index (χ3n) is 3.81. The predicted molar refractivity (Wildman–Crippen MR) is 75.4 cm³/mol. The number of rotatable bonds is 7. The SMILES string of the molecule is CCCCCS(=O)(=O)CC(=O)N1C[C@@H](C(F)(F)F)[C@H](C(=O)O)C1. The van der Waals surface area contributed by atoms with Gasteiger partial charge in [0.2, 0.25) is 5.91 Å². The van der Waals surface area contributed by atoms with Crippen LogP contribution in [0.3, 0.4) is 0 Å². The molecule has 1 aliphatic rings. The van der Waals surface area contributed by atoms with Gasteiger partial charge in [-0.2, -0.15) is 13.2 Å². The third kappa shape index (κ3) is 5.67. The first-order valence-electron chi connectivity index (χ1n) is 7.25. The summed E-state index contributed by atoms with van der Waals surface area (Å²) in [5.74, 6) is -7.64. The maximum absolute atomic E-state index is 12.8. The largest absolute Gasteiger partial charge is 0.481 e. The van der Waals surface area contributed by atoms with Crippen molar-refractivity contribution in [2.45, 2.75) is 32.4 Å². The van der Waals surface area contributed by atoms with Crippen LogP contribution in [0.15, 0.2) is 0 Å². The molecular formula is C13H20F3NO5S. The first-order chi connectivity index (χ1) is 10.5. The quantitative estimate of drug-likeness (QED) is 0.692. The number of sulfone groups is 1. The minimum absolute atomic E-state index is 0.203. The van der Waals surface area contributed by atoms with Gasteiger partial charge in [0.15, 0.2) is 9.84 Å². The van der Waals surface area contributed by atoms with Crippen molar-refractivity contribution in [3.8, 4) is 0 Å². The van der Waals surface area contributed by atoms with Gasteiger partial charge in [-0.15, -0.1) is 0 Å². The molecule has 23 heavy (non-hydrogen) atoms. The lowest BCUT2D eigenvalue weighted by atomic mass is 9.96. The third-order valence-corrected chi connectivity index (χ3v) is 5.41. The van der Waals surface area contributed by atoms with E-state index in [1.54, 1.807) is 0 Å². The van der Waals surface area contributed by atoms with Crippen LogP contribution >= 0.6 is 0 Å². The monoisotopic (exact) mass is 359 g/mol. The standard InChI is InChI=1S/C13H20F3NO5S/c1-2-3-4-5-23(21,22)8-11(18)17-6-9(12(19)20)10(7-17)13(14,15)16/h9-10H,2-8H2,1H3,(H,19,20)/t9-,10-/m1/s1. The number of likely N-dealkylation sites (tertiary alicyclic amines) is 1. The van der Waals surface area contributed by atoms with Crippen molar-refractivity contribution in [2.75, 3.05) is 24.6 Å². The number of carboxylic acid groups (broad SMARTS) is 1. The number of carboxylic acids is 1. The van der Waals surface area contributed by atoms with Crippen molar-refractivity contribution in [3.63, 3.8) is 0 Å². The minimum atomic E-state index is -4.75. The van der Waals surface area contributed by atoms with Crippen LogP contribution < -0.4 is 0 Å². The van der Waals surface area contributed by atoms with Gasteiger partial charge < -0.3 is 10.0 Å². The summed E-state index contributed by atoms with van der Waals surface area (Å²) in [6.07, 6.45) is -2.90. The van der Waals surface area contributed by atoms with E-state index in [1.165, 1.54) is 0 Å². The van der Waals surface area contributed by atoms with Gasteiger partial charge >= 0.3 is 12.1 Å². The Hall–Kier alpha value is -1.32. The number of halogens is 3. The van der Waals surface area contributed by atoms with Crippen molar-refractivity contribution in [2.24, 2.45) is 11.8 Å². The Labute approximate surface area is 132 Å². The predicted octanol–water partition coefficient (Wildman–Crippen LogP) is 1.31. The second-order valence-corrected chi connectivity index (χ2v) is 7.87.